The Kier molecular flexibility index (Phi) is 9.19. The lowest BCUT2D eigenvalue weighted by molar-refractivity contribution is 0.304. The fourth-order valence-electron chi connectivity index (χ4n) is 3.80. The molecule has 0 atom stereocenters. The van der Waals surface area contributed by atoms with Crippen LogP contribution in [-0.2, 0) is 10.0 Å². The average molecular weight is 539 g/mol. The van der Waals surface area contributed by atoms with E-state index < -0.39 is 10.0 Å². The van der Waals surface area contributed by atoms with Crippen molar-refractivity contribution in [2.75, 3.05) is 16.6 Å². The van der Waals surface area contributed by atoms with Crippen molar-refractivity contribution >= 4 is 50.0 Å². The van der Waals surface area contributed by atoms with Gasteiger partial charge in [0.05, 0.1) is 22.5 Å². The Hall–Kier alpha value is -3.36. The van der Waals surface area contributed by atoms with Crippen LogP contribution < -0.4 is 14.8 Å². The Morgan fingerprint density at radius 1 is 0.784 bits per heavy atom. The van der Waals surface area contributed by atoms with Crippen molar-refractivity contribution in [2.45, 2.75) is 50.3 Å². The fourth-order valence-corrected chi connectivity index (χ4v) is 4.94. The molecule has 1 heterocycles. The van der Waals surface area contributed by atoms with Crippen molar-refractivity contribution < 1.29 is 13.2 Å². The standard InChI is InChI=1S/C28H31ClN4O3S/c1-2-3-4-5-6-9-20-36-23-16-14-22(15-17-23)30-27-28(32-26-11-8-7-10-25(26)31-27)33-37(34,35)24-18-12-21(29)13-19-24/h7-8,10-19H,2-6,9,20H2,1H3,(H,30,31)(H,32,33). The van der Waals surface area contributed by atoms with Gasteiger partial charge in [-0.25, -0.2) is 18.4 Å². The zero-order valence-electron chi connectivity index (χ0n) is 20.8. The van der Waals surface area contributed by atoms with Crippen molar-refractivity contribution in [3.8, 4) is 5.75 Å². The van der Waals surface area contributed by atoms with Gasteiger partial charge in [-0.2, -0.15) is 0 Å². The maximum atomic E-state index is 13.0. The van der Waals surface area contributed by atoms with E-state index in [9.17, 15) is 8.42 Å². The summed E-state index contributed by atoms with van der Waals surface area (Å²) in [5, 5.41) is 3.64. The van der Waals surface area contributed by atoms with Crippen LogP contribution in [0.2, 0.25) is 5.02 Å². The number of sulfonamides is 1. The molecular weight excluding hydrogens is 508 g/mol. The van der Waals surface area contributed by atoms with Gasteiger partial charge >= 0.3 is 0 Å². The zero-order chi connectivity index (χ0) is 26.1. The minimum atomic E-state index is -3.91. The molecule has 9 heteroatoms. The van der Waals surface area contributed by atoms with Gasteiger partial charge in [0.2, 0.25) is 0 Å². The van der Waals surface area contributed by atoms with E-state index in [1.54, 1.807) is 6.07 Å². The van der Waals surface area contributed by atoms with Gasteiger partial charge in [-0.1, -0.05) is 62.8 Å². The first-order valence-corrected chi connectivity index (χ1v) is 14.4. The summed E-state index contributed by atoms with van der Waals surface area (Å²) in [7, 11) is -3.91. The molecular formula is C28H31ClN4O3S. The molecule has 0 radical (unpaired) electrons. The van der Waals surface area contributed by atoms with E-state index in [-0.39, 0.29) is 16.5 Å². The lowest BCUT2D eigenvalue weighted by Gasteiger charge is -2.14. The third-order valence-electron chi connectivity index (χ3n) is 5.81. The van der Waals surface area contributed by atoms with Crippen LogP contribution in [-0.4, -0.2) is 25.0 Å². The van der Waals surface area contributed by atoms with E-state index in [0.717, 1.165) is 17.9 Å². The molecule has 3 aromatic carbocycles. The lowest BCUT2D eigenvalue weighted by Crippen LogP contribution is -2.16. The van der Waals surface area contributed by atoms with Crippen molar-refractivity contribution in [3.63, 3.8) is 0 Å². The third kappa shape index (κ3) is 7.57. The molecule has 0 saturated heterocycles. The second kappa shape index (κ2) is 12.7. The molecule has 37 heavy (non-hydrogen) atoms. The molecule has 0 aliphatic carbocycles. The highest BCUT2D eigenvalue weighted by Gasteiger charge is 2.19. The Morgan fingerprint density at radius 2 is 1.41 bits per heavy atom. The molecule has 0 aliphatic heterocycles. The molecule has 0 fully saturated rings. The number of para-hydroxylation sites is 2. The number of hydrogen-bond acceptors (Lipinski definition) is 6. The summed E-state index contributed by atoms with van der Waals surface area (Å²) in [6, 6.07) is 20.7. The van der Waals surface area contributed by atoms with E-state index in [0.29, 0.717) is 22.7 Å². The SMILES string of the molecule is CCCCCCCCOc1ccc(Nc2nc3ccccc3nc2NS(=O)(=O)c2ccc(Cl)cc2)cc1. The average Bonchev–Trinajstić information content (AvgIpc) is 2.89. The summed E-state index contributed by atoms with van der Waals surface area (Å²) >= 11 is 5.92. The van der Waals surface area contributed by atoms with Crippen LogP contribution in [0.25, 0.3) is 11.0 Å². The van der Waals surface area contributed by atoms with E-state index in [2.05, 4.69) is 26.9 Å². The molecule has 1 aromatic heterocycles. The van der Waals surface area contributed by atoms with Gasteiger partial charge in [0.25, 0.3) is 10.0 Å². The molecule has 2 N–H and O–H groups in total. The molecule has 0 saturated carbocycles. The first-order chi connectivity index (χ1) is 17.9. The van der Waals surface area contributed by atoms with Crippen LogP contribution in [0.4, 0.5) is 17.3 Å². The normalized spacial score (nSPS) is 11.4. The lowest BCUT2D eigenvalue weighted by atomic mass is 10.1. The first-order valence-electron chi connectivity index (χ1n) is 12.5. The second-order valence-electron chi connectivity index (χ2n) is 8.73. The van der Waals surface area contributed by atoms with E-state index in [1.165, 1.54) is 56.4 Å². The van der Waals surface area contributed by atoms with Gasteiger partial charge in [-0.3, -0.25) is 4.72 Å². The van der Waals surface area contributed by atoms with Gasteiger partial charge in [0, 0.05) is 10.7 Å². The summed E-state index contributed by atoms with van der Waals surface area (Å²) in [4.78, 5) is 9.22. The Bertz CT molecular complexity index is 1410. The van der Waals surface area contributed by atoms with Gasteiger partial charge in [-0.05, 0) is 67.1 Å². The maximum Gasteiger partial charge on any atom is 0.263 e. The molecule has 194 valence electrons. The summed E-state index contributed by atoms with van der Waals surface area (Å²) in [6.07, 6.45) is 7.28. The molecule has 0 amide bonds. The van der Waals surface area contributed by atoms with Gasteiger partial charge < -0.3 is 10.1 Å². The van der Waals surface area contributed by atoms with Crippen molar-refractivity contribution in [2.24, 2.45) is 0 Å². The molecule has 4 aromatic rings. The number of nitrogens with zero attached hydrogens (tertiary/aromatic N) is 2. The molecule has 4 rings (SSSR count). The van der Waals surface area contributed by atoms with Crippen LogP contribution >= 0.6 is 11.6 Å². The minimum absolute atomic E-state index is 0.0738. The Balaban J connectivity index is 1.48. The molecule has 0 bridgehead atoms. The number of anilines is 3. The maximum absolute atomic E-state index is 13.0. The predicted octanol–water partition coefficient (Wildman–Crippen LogP) is 7.57. The third-order valence-corrected chi connectivity index (χ3v) is 7.42. The van der Waals surface area contributed by atoms with Crippen LogP contribution in [0.5, 0.6) is 5.75 Å². The smallest absolute Gasteiger partial charge is 0.263 e. The first kappa shape index (κ1) is 26.7. The van der Waals surface area contributed by atoms with Crippen LogP contribution in [0, 0.1) is 0 Å². The highest BCUT2D eigenvalue weighted by molar-refractivity contribution is 7.92. The molecule has 0 spiro atoms. The number of benzene rings is 3. The fraction of sp³-hybridized carbons (Fsp3) is 0.286. The zero-order valence-corrected chi connectivity index (χ0v) is 22.4. The number of nitrogens with one attached hydrogen (secondary N) is 2. The highest BCUT2D eigenvalue weighted by atomic mass is 35.5. The van der Waals surface area contributed by atoms with E-state index in [4.69, 9.17) is 16.3 Å². The monoisotopic (exact) mass is 538 g/mol. The topological polar surface area (TPSA) is 93.2 Å². The van der Waals surface area contributed by atoms with Gasteiger partial charge in [0.15, 0.2) is 11.6 Å². The number of hydrogen-bond donors (Lipinski definition) is 2. The number of rotatable bonds is 13. The molecule has 7 nitrogen and oxygen atoms in total. The highest BCUT2D eigenvalue weighted by Crippen LogP contribution is 2.28. The van der Waals surface area contributed by atoms with Crippen molar-refractivity contribution in [3.05, 3.63) is 77.8 Å². The summed E-state index contributed by atoms with van der Waals surface area (Å²) < 4.78 is 34.5. The minimum Gasteiger partial charge on any atom is -0.494 e. The van der Waals surface area contributed by atoms with Crippen LogP contribution in [0.3, 0.4) is 0 Å². The number of unbranched alkanes of at least 4 members (excludes halogenated alkanes) is 5. The Labute approximate surface area is 223 Å². The number of ether oxygens (including phenoxy) is 1. The molecule has 0 unspecified atom stereocenters. The van der Waals surface area contributed by atoms with Crippen LogP contribution in [0.1, 0.15) is 45.4 Å². The number of aromatic nitrogens is 2. The largest absolute Gasteiger partial charge is 0.494 e. The van der Waals surface area contributed by atoms with Crippen molar-refractivity contribution in [1.82, 2.24) is 9.97 Å². The number of halogens is 1. The van der Waals surface area contributed by atoms with Gasteiger partial charge in [-0.15, -0.1) is 0 Å². The second-order valence-corrected chi connectivity index (χ2v) is 10.9. The summed E-state index contributed by atoms with van der Waals surface area (Å²) in [5.74, 6) is 1.17. The molecule has 0 aliphatic rings. The summed E-state index contributed by atoms with van der Waals surface area (Å²) in [5.41, 5.74) is 1.93. The van der Waals surface area contributed by atoms with Crippen molar-refractivity contribution in [1.29, 1.82) is 0 Å². The van der Waals surface area contributed by atoms with Gasteiger partial charge in [0.1, 0.15) is 5.75 Å². The van der Waals surface area contributed by atoms with E-state index in [1.807, 2.05) is 42.5 Å². The quantitative estimate of drug-likeness (QED) is 0.170. The predicted molar refractivity (Wildman–Crippen MR) is 150 cm³/mol. The van der Waals surface area contributed by atoms with E-state index >= 15 is 0 Å². The number of fused-ring (bicyclic) bond motifs is 1. The Morgan fingerprint density at radius 3 is 2.08 bits per heavy atom. The van der Waals surface area contributed by atoms with Crippen LogP contribution in [0.15, 0.2) is 77.7 Å². The summed E-state index contributed by atoms with van der Waals surface area (Å²) in [6.45, 7) is 2.90.